The van der Waals surface area contributed by atoms with Gasteiger partial charge in [0.15, 0.2) is 11.5 Å². The number of benzene rings is 2. The highest BCUT2D eigenvalue weighted by Gasteiger charge is 2.17. The minimum Gasteiger partial charge on any atom is -0.490 e. The summed E-state index contributed by atoms with van der Waals surface area (Å²) < 4.78 is 39.9. The molecule has 0 fully saturated rings. The zero-order valence-corrected chi connectivity index (χ0v) is 14.6. The normalized spacial score (nSPS) is 14.5. The molecule has 0 aliphatic carbocycles. The number of aromatic nitrogens is 1. The van der Waals surface area contributed by atoms with Crippen LogP contribution in [0, 0.1) is 0 Å². The van der Waals surface area contributed by atoms with E-state index in [-0.39, 0.29) is 4.90 Å². The molecule has 3 aromatic rings. The third-order valence-electron chi connectivity index (χ3n) is 3.96. The Kier molecular flexibility index (Phi) is 4.30. The molecule has 2 heterocycles. The van der Waals surface area contributed by atoms with Gasteiger partial charge in [-0.15, -0.1) is 0 Å². The van der Waals surface area contributed by atoms with E-state index in [1.165, 1.54) is 18.3 Å². The zero-order chi connectivity index (χ0) is 18.0. The van der Waals surface area contributed by atoms with Gasteiger partial charge in [0.25, 0.3) is 10.0 Å². The molecule has 0 unspecified atom stereocenters. The van der Waals surface area contributed by atoms with Crippen molar-refractivity contribution in [3.8, 4) is 11.5 Å². The van der Waals surface area contributed by atoms with Crippen molar-refractivity contribution in [2.24, 2.45) is 4.40 Å². The van der Waals surface area contributed by atoms with Gasteiger partial charge in [-0.2, -0.15) is 12.8 Å². The Morgan fingerprint density at radius 3 is 2.65 bits per heavy atom. The molecule has 1 aromatic heterocycles. The maximum Gasteiger partial charge on any atom is 0.282 e. The zero-order valence-electron chi connectivity index (χ0n) is 13.8. The third kappa shape index (κ3) is 3.39. The summed E-state index contributed by atoms with van der Waals surface area (Å²) in [5.41, 5.74) is 1.26. The van der Waals surface area contributed by atoms with E-state index < -0.39 is 10.0 Å². The quantitative estimate of drug-likeness (QED) is 0.664. The van der Waals surface area contributed by atoms with E-state index in [0.717, 1.165) is 17.3 Å². The summed E-state index contributed by atoms with van der Waals surface area (Å²) in [6.45, 7) is 1.03. The first-order chi connectivity index (χ1) is 12.6. The molecule has 6 nitrogen and oxygen atoms in total. The summed E-state index contributed by atoms with van der Waals surface area (Å²) in [6.07, 6.45) is 2.01. The maximum absolute atomic E-state index is 12.5. The summed E-state index contributed by atoms with van der Waals surface area (Å²) in [7, 11) is -3.86. The lowest BCUT2D eigenvalue weighted by atomic mass is 10.2. The number of ether oxygens (including phenoxy) is 2. The van der Waals surface area contributed by atoms with E-state index in [4.69, 9.17) is 9.47 Å². The molecule has 26 heavy (non-hydrogen) atoms. The van der Waals surface area contributed by atoms with E-state index in [1.54, 1.807) is 12.1 Å². The number of fused-ring (bicyclic) bond motifs is 2. The number of nitrogens with zero attached hydrogens (tertiary/aromatic N) is 2. The van der Waals surface area contributed by atoms with E-state index in [2.05, 4.69) is 9.38 Å². The molecular weight excluding hydrogens is 352 g/mol. The fourth-order valence-electron chi connectivity index (χ4n) is 2.64. The van der Waals surface area contributed by atoms with Crippen molar-refractivity contribution in [3.05, 3.63) is 60.3 Å². The van der Waals surface area contributed by atoms with Gasteiger partial charge in [-0.1, -0.05) is 24.3 Å². The Hall–Kier alpha value is -2.93. The predicted octanol–water partition coefficient (Wildman–Crippen LogP) is 3.20. The molecular formula is C19H16N2O4S. The largest absolute Gasteiger partial charge is 0.490 e. The van der Waals surface area contributed by atoms with Crippen LogP contribution < -0.4 is 9.47 Å². The highest BCUT2D eigenvalue weighted by Crippen LogP contribution is 2.32. The van der Waals surface area contributed by atoms with Gasteiger partial charge in [0.05, 0.1) is 35.5 Å². The van der Waals surface area contributed by atoms with Crippen LogP contribution in [0.15, 0.2) is 63.9 Å². The highest BCUT2D eigenvalue weighted by molar-refractivity contribution is 7.90. The van der Waals surface area contributed by atoms with Crippen LogP contribution in [-0.2, 0) is 10.0 Å². The number of sulfonamides is 1. The molecule has 0 bridgehead atoms. The van der Waals surface area contributed by atoms with Crippen LogP contribution in [0.4, 0.5) is 0 Å². The van der Waals surface area contributed by atoms with Crippen molar-refractivity contribution in [1.29, 1.82) is 0 Å². The molecule has 7 heteroatoms. The molecule has 0 saturated heterocycles. The van der Waals surface area contributed by atoms with Gasteiger partial charge in [-0.3, -0.25) is 0 Å². The minimum atomic E-state index is -3.86. The van der Waals surface area contributed by atoms with Crippen LogP contribution in [0.2, 0.25) is 0 Å². The van der Waals surface area contributed by atoms with E-state index >= 15 is 0 Å². The molecule has 0 atom stereocenters. The van der Waals surface area contributed by atoms with E-state index in [0.29, 0.717) is 30.4 Å². The van der Waals surface area contributed by atoms with Crippen LogP contribution in [0.3, 0.4) is 0 Å². The van der Waals surface area contributed by atoms with E-state index in [1.807, 2.05) is 30.3 Å². The summed E-state index contributed by atoms with van der Waals surface area (Å²) >= 11 is 0. The van der Waals surface area contributed by atoms with Crippen LogP contribution in [0.5, 0.6) is 11.5 Å². The second-order valence-electron chi connectivity index (χ2n) is 5.80. The molecule has 4 rings (SSSR count). The van der Waals surface area contributed by atoms with Crippen molar-refractivity contribution in [3.63, 3.8) is 0 Å². The Bertz CT molecular complexity index is 1090. The number of rotatable bonds is 3. The molecule has 0 N–H and O–H groups in total. The molecule has 0 saturated carbocycles. The van der Waals surface area contributed by atoms with Gasteiger partial charge in [0.2, 0.25) is 0 Å². The average molecular weight is 368 g/mol. The monoisotopic (exact) mass is 368 g/mol. The number of hydrogen-bond acceptors (Lipinski definition) is 5. The second kappa shape index (κ2) is 6.76. The molecule has 1 aliphatic rings. The molecule has 0 amide bonds. The second-order valence-corrected chi connectivity index (χ2v) is 7.43. The Labute approximate surface area is 151 Å². The molecule has 0 spiro atoms. The smallest absolute Gasteiger partial charge is 0.282 e. The van der Waals surface area contributed by atoms with Gasteiger partial charge in [-0.05, 0) is 24.3 Å². The minimum absolute atomic E-state index is 0.0544. The lowest BCUT2D eigenvalue weighted by Gasteiger charge is -2.08. The molecule has 1 aliphatic heterocycles. The van der Waals surface area contributed by atoms with Crippen molar-refractivity contribution >= 4 is 27.1 Å². The first-order valence-corrected chi connectivity index (χ1v) is 9.62. The average Bonchev–Trinajstić information content (AvgIpc) is 2.91. The van der Waals surface area contributed by atoms with Gasteiger partial charge >= 0.3 is 0 Å². The van der Waals surface area contributed by atoms with Gasteiger partial charge in [0, 0.05) is 17.9 Å². The van der Waals surface area contributed by atoms with Crippen LogP contribution in [0.25, 0.3) is 10.9 Å². The highest BCUT2D eigenvalue weighted by atomic mass is 32.2. The third-order valence-corrected chi connectivity index (χ3v) is 5.19. The Balaban J connectivity index is 1.63. The predicted molar refractivity (Wildman–Crippen MR) is 98.6 cm³/mol. The van der Waals surface area contributed by atoms with Crippen LogP contribution in [0.1, 0.15) is 12.1 Å². The number of hydrogen-bond donors (Lipinski definition) is 0. The summed E-state index contributed by atoms with van der Waals surface area (Å²) in [6, 6.07) is 15.7. The van der Waals surface area contributed by atoms with Crippen molar-refractivity contribution in [2.75, 3.05) is 13.2 Å². The van der Waals surface area contributed by atoms with Crippen molar-refractivity contribution in [1.82, 2.24) is 4.98 Å². The van der Waals surface area contributed by atoms with Gasteiger partial charge < -0.3 is 9.47 Å². The SMILES string of the molecule is O=S(=O)(/N=C/c1ccc2ccccc2n1)c1ccc2c(c1)OCCCO2. The van der Waals surface area contributed by atoms with Gasteiger partial charge in [-0.25, -0.2) is 4.98 Å². The van der Waals surface area contributed by atoms with Crippen LogP contribution in [-0.4, -0.2) is 32.8 Å². The van der Waals surface area contributed by atoms with Crippen LogP contribution >= 0.6 is 0 Å². The summed E-state index contributed by atoms with van der Waals surface area (Å²) in [5, 5.41) is 0.982. The standard InChI is InChI=1S/C19H16N2O4S/c22-26(23,16-8-9-18-19(12-16)25-11-3-10-24-18)20-13-15-7-6-14-4-1-2-5-17(14)21-15/h1-2,4-9,12-13H,3,10-11H2/b20-13+. The van der Waals surface area contributed by atoms with Crippen molar-refractivity contribution in [2.45, 2.75) is 11.3 Å². The topological polar surface area (TPSA) is 77.9 Å². The molecule has 132 valence electrons. The number of para-hydroxylation sites is 1. The Morgan fingerprint density at radius 2 is 1.77 bits per heavy atom. The molecule has 0 radical (unpaired) electrons. The first kappa shape index (κ1) is 16.5. The molecule has 2 aromatic carbocycles. The van der Waals surface area contributed by atoms with Gasteiger partial charge in [0.1, 0.15) is 0 Å². The lowest BCUT2D eigenvalue weighted by Crippen LogP contribution is -2.00. The Morgan fingerprint density at radius 1 is 0.962 bits per heavy atom. The van der Waals surface area contributed by atoms with E-state index in [9.17, 15) is 8.42 Å². The summed E-state index contributed by atoms with van der Waals surface area (Å²) in [4.78, 5) is 4.45. The maximum atomic E-state index is 12.5. The van der Waals surface area contributed by atoms with Crippen molar-refractivity contribution < 1.29 is 17.9 Å². The fourth-order valence-corrected chi connectivity index (χ4v) is 3.51. The lowest BCUT2D eigenvalue weighted by molar-refractivity contribution is 0.297. The first-order valence-electron chi connectivity index (χ1n) is 8.18. The number of pyridine rings is 1. The fraction of sp³-hybridized carbons (Fsp3) is 0.158. The summed E-state index contributed by atoms with van der Waals surface area (Å²) in [5.74, 6) is 0.962.